The van der Waals surface area contributed by atoms with Gasteiger partial charge in [-0.3, -0.25) is 9.59 Å². The lowest BCUT2D eigenvalue weighted by atomic mass is 9.88. The van der Waals surface area contributed by atoms with E-state index in [-0.39, 0.29) is 24.3 Å². The minimum atomic E-state index is -0.0116. The topological polar surface area (TPSA) is 54.8 Å². The quantitative estimate of drug-likeness (QED) is 0.406. The van der Waals surface area contributed by atoms with E-state index in [1.54, 1.807) is 7.11 Å². The fraction of sp³-hybridized carbons (Fsp3) is 0.586. The molecule has 2 amide bonds. The first-order valence-electron chi connectivity index (χ1n) is 13.2. The van der Waals surface area contributed by atoms with Crippen LogP contribution in [0.1, 0.15) is 63.6 Å². The maximum Gasteiger partial charge on any atom is 0.242 e. The lowest BCUT2D eigenvalue weighted by molar-refractivity contribution is -0.144. The summed E-state index contributed by atoms with van der Waals surface area (Å²) in [6, 6.07) is 14.4. The van der Waals surface area contributed by atoms with Crippen LogP contribution in [0.15, 0.2) is 48.7 Å². The summed E-state index contributed by atoms with van der Waals surface area (Å²) in [5, 5.41) is 0. The van der Waals surface area contributed by atoms with Gasteiger partial charge in [-0.2, -0.15) is 0 Å². The van der Waals surface area contributed by atoms with E-state index in [4.69, 9.17) is 4.74 Å². The maximum atomic E-state index is 13.6. The number of hydrogen-bond acceptors (Lipinski definition) is 3. The molecule has 1 aliphatic carbocycles. The highest BCUT2D eigenvalue weighted by atomic mass is 16.5. The molecule has 6 nitrogen and oxygen atoms in total. The van der Waals surface area contributed by atoms with Crippen LogP contribution in [0.25, 0.3) is 0 Å². The molecule has 0 bridgehead atoms. The Kier molecular flexibility index (Phi) is 10.9. The third kappa shape index (κ3) is 8.53. The first kappa shape index (κ1) is 27.0. The molecule has 0 N–H and O–H groups in total. The second-order valence-corrected chi connectivity index (χ2v) is 10.2. The smallest absolute Gasteiger partial charge is 0.242 e. The lowest BCUT2D eigenvalue weighted by Gasteiger charge is -2.32. The molecular weight excluding hydrogens is 438 g/mol. The summed E-state index contributed by atoms with van der Waals surface area (Å²) in [5.41, 5.74) is 2.29. The number of rotatable bonds is 13. The minimum Gasteiger partial charge on any atom is -0.383 e. The third-order valence-electron chi connectivity index (χ3n) is 6.96. The average molecular weight is 482 g/mol. The van der Waals surface area contributed by atoms with Crippen LogP contribution < -0.4 is 0 Å². The standard InChI is InChI=1S/C29H43N3O3/c1-24(2)16-18-32(29(34)26-13-8-5-9-14-26)23-28(33)31(19-20-35-3)22-27-15-10-17-30(27)21-25-11-6-4-7-12-25/h4,6-7,10-12,15,17,24,26H,5,8-9,13-14,16,18-23H2,1-3H3. The Bertz CT molecular complexity index is 903. The van der Waals surface area contributed by atoms with Crippen LogP contribution in [0.2, 0.25) is 0 Å². The van der Waals surface area contributed by atoms with E-state index in [1.165, 1.54) is 12.0 Å². The van der Waals surface area contributed by atoms with Crippen molar-refractivity contribution < 1.29 is 14.3 Å². The van der Waals surface area contributed by atoms with E-state index in [0.29, 0.717) is 32.2 Å². The summed E-state index contributed by atoms with van der Waals surface area (Å²) in [6.07, 6.45) is 8.30. The maximum absolute atomic E-state index is 13.6. The number of ether oxygens (including phenoxy) is 1. The number of carbonyl (C=O) groups is 2. The molecule has 0 unspecified atom stereocenters. The van der Waals surface area contributed by atoms with E-state index in [0.717, 1.165) is 44.3 Å². The van der Waals surface area contributed by atoms with Gasteiger partial charge in [0.05, 0.1) is 19.7 Å². The molecule has 192 valence electrons. The van der Waals surface area contributed by atoms with Gasteiger partial charge in [-0.05, 0) is 42.9 Å². The van der Waals surface area contributed by atoms with Gasteiger partial charge in [-0.1, -0.05) is 63.4 Å². The summed E-state index contributed by atoms with van der Waals surface area (Å²) in [7, 11) is 1.66. The van der Waals surface area contributed by atoms with Crippen LogP contribution in [0.3, 0.4) is 0 Å². The largest absolute Gasteiger partial charge is 0.383 e. The van der Waals surface area contributed by atoms with Crippen molar-refractivity contribution in [3.8, 4) is 0 Å². The van der Waals surface area contributed by atoms with Crippen molar-refractivity contribution in [2.24, 2.45) is 11.8 Å². The van der Waals surface area contributed by atoms with Gasteiger partial charge in [0.1, 0.15) is 0 Å². The van der Waals surface area contributed by atoms with Gasteiger partial charge in [0.25, 0.3) is 0 Å². The van der Waals surface area contributed by atoms with Crippen molar-refractivity contribution >= 4 is 11.8 Å². The van der Waals surface area contributed by atoms with Gasteiger partial charge < -0.3 is 19.1 Å². The van der Waals surface area contributed by atoms with Crippen LogP contribution >= 0.6 is 0 Å². The Morgan fingerprint density at radius 3 is 2.43 bits per heavy atom. The number of aromatic nitrogens is 1. The monoisotopic (exact) mass is 481 g/mol. The summed E-state index contributed by atoms with van der Waals surface area (Å²) < 4.78 is 7.50. The molecule has 1 aliphatic rings. The van der Waals surface area contributed by atoms with Crippen LogP contribution in [0, 0.1) is 11.8 Å². The van der Waals surface area contributed by atoms with E-state index >= 15 is 0 Å². The molecule has 1 aromatic carbocycles. The lowest BCUT2D eigenvalue weighted by Crippen LogP contribution is -2.46. The molecule has 1 fully saturated rings. The van der Waals surface area contributed by atoms with Crippen molar-refractivity contribution in [3.05, 3.63) is 59.9 Å². The summed E-state index contributed by atoms with van der Waals surface area (Å²) in [5.74, 6) is 0.706. The van der Waals surface area contributed by atoms with Gasteiger partial charge in [-0.15, -0.1) is 0 Å². The third-order valence-corrected chi connectivity index (χ3v) is 6.96. The number of nitrogens with zero attached hydrogens (tertiary/aromatic N) is 3. The fourth-order valence-electron chi connectivity index (χ4n) is 4.77. The number of methoxy groups -OCH3 is 1. The zero-order valence-corrected chi connectivity index (χ0v) is 21.8. The second kappa shape index (κ2) is 14.1. The molecule has 0 radical (unpaired) electrons. The predicted octanol–water partition coefficient (Wildman–Crippen LogP) is 4.97. The van der Waals surface area contributed by atoms with Gasteiger partial charge in [0.15, 0.2) is 0 Å². The van der Waals surface area contributed by atoms with Gasteiger partial charge in [0.2, 0.25) is 11.8 Å². The number of benzene rings is 1. The van der Waals surface area contributed by atoms with E-state index in [9.17, 15) is 9.59 Å². The summed E-state index contributed by atoms with van der Waals surface area (Å²) in [6.45, 7) is 7.34. The van der Waals surface area contributed by atoms with Crippen molar-refractivity contribution in [1.82, 2.24) is 14.4 Å². The Labute approximate surface area is 211 Å². The summed E-state index contributed by atoms with van der Waals surface area (Å²) >= 11 is 0. The van der Waals surface area contributed by atoms with Gasteiger partial charge in [0, 0.05) is 44.6 Å². The molecule has 2 aromatic rings. The molecule has 0 aliphatic heterocycles. The van der Waals surface area contributed by atoms with Crippen molar-refractivity contribution in [2.75, 3.05) is 33.4 Å². The molecule has 1 saturated carbocycles. The highest BCUT2D eigenvalue weighted by Gasteiger charge is 2.28. The molecule has 3 rings (SSSR count). The zero-order valence-electron chi connectivity index (χ0n) is 21.8. The van der Waals surface area contributed by atoms with Crippen molar-refractivity contribution in [1.29, 1.82) is 0 Å². The number of amides is 2. The van der Waals surface area contributed by atoms with E-state index in [2.05, 4.69) is 42.8 Å². The Morgan fingerprint density at radius 2 is 1.74 bits per heavy atom. The molecule has 6 heteroatoms. The molecule has 35 heavy (non-hydrogen) atoms. The number of hydrogen-bond donors (Lipinski definition) is 0. The summed E-state index contributed by atoms with van der Waals surface area (Å²) in [4.78, 5) is 30.6. The number of carbonyl (C=O) groups excluding carboxylic acids is 2. The zero-order chi connectivity index (χ0) is 25.0. The molecule has 1 aromatic heterocycles. The normalized spacial score (nSPS) is 14.3. The molecule has 0 saturated heterocycles. The minimum absolute atomic E-state index is 0.0116. The fourth-order valence-corrected chi connectivity index (χ4v) is 4.77. The first-order valence-corrected chi connectivity index (χ1v) is 13.2. The van der Waals surface area contributed by atoms with E-state index < -0.39 is 0 Å². The van der Waals surface area contributed by atoms with Crippen LogP contribution in [-0.2, 0) is 27.4 Å². The molecular formula is C29H43N3O3. The SMILES string of the molecule is COCCN(Cc1cccn1Cc1ccccc1)C(=O)CN(CCC(C)C)C(=O)C1CCCCC1. The predicted molar refractivity (Wildman–Crippen MR) is 140 cm³/mol. The van der Waals surface area contributed by atoms with Crippen LogP contribution in [0.4, 0.5) is 0 Å². The van der Waals surface area contributed by atoms with Crippen molar-refractivity contribution in [2.45, 2.75) is 65.5 Å². The Balaban J connectivity index is 1.71. The molecule has 0 atom stereocenters. The Morgan fingerprint density at radius 1 is 1.00 bits per heavy atom. The average Bonchev–Trinajstić information content (AvgIpc) is 3.31. The molecule has 1 heterocycles. The van der Waals surface area contributed by atoms with Gasteiger partial charge in [-0.25, -0.2) is 0 Å². The van der Waals surface area contributed by atoms with E-state index in [1.807, 2.05) is 34.1 Å². The highest BCUT2D eigenvalue weighted by Crippen LogP contribution is 2.26. The highest BCUT2D eigenvalue weighted by molar-refractivity contribution is 5.86. The first-order chi connectivity index (χ1) is 17.0. The van der Waals surface area contributed by atoms with Crippen molar-refractivity contribution in [3.63, 3.8) is 0 Å². The van der Waals surface area contributed by atoms with Crippen LogP contribution in [-0.4, -0.2) is 59.5 Å². The van der Waals surface area contributed by atoms with Gasteiger partial charge >= 0.3 is 0 Å². The molecule has 0 spiro atoms. The Hall–Kier alpha value is -2.60. The van der Waals surface area contributed by atoms with Crippen LogP contribution in [0.5, 0.6) is 0 Å². The second-order valence-electron chi connectivity index (χ2n) is 10.2.